The summed E-state index contributed by atoms with van der Waals surface area (Å²) < 4.78 is 0. The number of aryl methyl sites for hydroxylation is 1. The molecule has 0 atom stereocenters. The van der Waals surface area contributed by atoms with Crippen molar-refractivity contribution in [2.45, 2.75) is 18.4 Å². The molecule has 0 saturated heterocycles. The fourth-order valence-electron chi connectivity index (χ4n) is 1.63. The van der Waals surface area contributed by atoms with Crippen molar-refractivity contribution in [3.8, 4) is 0 Å². The number of benzene rings is 1. The third-order valence-electron chi connectivity index (χ3n) is 2.68. The number of nitrogens with zero attached hydrogens (tertiary/aromatic N) is 1. The van der Waals surface area contributed by atoms with Gasteiger partial charge in [-0.1, -0.05) is 18.2 Å². The Morgan fingerprint density at radius 3 is 2.78 bits per heavy atom. The molecule has 0 aliphatic heterocycles. The molecule has 2 rings (SSSR count). The second-order valence-electron chi connectivity index (χ2n) is 3.97. The number of aromatic nitrogens is 1. The SMILES string of the molecule is Cc1cccnc1CNC(=O)c1ccccc1S. The zero-order valence-electron chi connectivity index (χ0n) is 10.1. The van der Waals surface area contributed by atoms with E-state index in [9.17, 15) is 4.79 Å². The quantitative estimate of drug-likeness (QED) is 0.831. The molecule has 0 fully saturated rings. The van der Waals surface area contributed by atoms with Crippen LogP contribution in [0.3, 0.4) is 0 Å². The van der Waals surface area contributed by atoms with Gasteiger partial charge in [0.1, 0.15) is 0 Å². The van der Waals surface area contributed by atoms with E-state index in [1.54, 1.807) is 18.3 Å². The maximum atomic E-state index is 12.0. The molecule has 2 aromatic rings. The topological polar surface area (TPSA) is 42.0 Å². The molecule has 0 aliphatic carbocycles. The first-order chi connectivity index (χ1) is 8.68. The zero-order valence-corrected chi connectivity index (χ0v) is 10.9. The van der Waals surface area contributed by atoms with Gasteiger partial charge in [-0.2, -0.15) is 0 Å². The Morgan fingerprint density at radius 1 is 1.28 bits per heavy atom. The molecule has 1 aromatic heterocycles. The summed E-state index contributed by atoms with van der Waals surface area (Å²) in [5.74, 6) is -0.134. The average molecular weight is 258 g/mol. The molecule has 92 valence electrons. The van der Waals surface area contributed by atoms with E-state index >= 15 is 0 Å². The Bertz CT molecular complexity index is 569. The van der Waals surface area contributed by atoms with Crippen molar-refractivity contribution in [1.82, 2.24) is 10.3 Å². The Hall–Kier alpha value is -1.81. The minimum absolute atomic E-state index is 0.134. The number of carbonyl (C=O) groups is 1. The third-order valence-corrected chi connectivity index (χ3v) is 3.07. The predicted molar refractivity (Wildman–Crippen MR) is 73.8 cm³/mol. The molecule has 0 aliphatic rings. The van der Waals surface area contributed by atoms with Crippen molar-refractivity contribution in [2.24, 2.45) is 0 Å². The molecular formula is C14H14N2OS. The molecule has 0 radical (unpaired) electrons. The Balaban J connectivity index is 2.06. The number of nitrogens with one attached hydrogen (secondary N) is 1. The molecule has 18 heavy (non-hydrogen) atoms. The maximum absolute atomic E-state index is 12.0. The number of carbonyl (C=O) groups excluding carboxylic acids is 1. The number of hydrogen-bond acceptors (Lipinski definition) is 3. The normalized spacial score (nSPS) is 10.1. The van der Waals surface area contributed by atoms with E-state index in [0.29, 0.717) is 17.0 Å². The number of amides is 1. The minimum atomic E-state index is -0.134. The van der Waals surface area contributed by atoms with Crippen LogP contribution in [0.25, 0.3) is 0 Å². The van der Waals surface area contributed by atoms with Crippen molar-refractivity contribution in [3.05, 3.63) is 59.4 Å². The van der Waals surface area contributed by atoms with Crippen molar-refractivity contribution < 1.29 is 4.79 Å². The average Bonchev–Trinajstić information content (AvgIpc) is 2.38. The van der Waals surface area contributed by atoms with Crippen LogP contribution in [0.1, 0.15) is 21.6 Å². The fraction of sp³-hybridized carbons (Fsp3) is 0.143. The van der Waals surface area contributed by atoms with E-state index in [4.69, 9.17) is 0 Å². The molecule has 1 amide bonds. The highest BCUT2D eigenvalue weighted by Crippen LogP contribution is 2.12. The summed E-state index contributed by atoms with van der Waals surface area (Å²) in [6.07, 6.45) is 1.72. The summed E-state index contributed by atoms with van der Waals surface area (Å²) in [4.78, 5) is 16.9. The Kier molecular flexibility index (Phi) is 3.99. The summed E-state index contributed by atoms with van der Waals surface area (Å²) in [6, 6.07) is 11.1. The van der Waals surface area contributed by atoms with Crippen LogP contribution >= 0.6 is 12.6 Å². The van der Waals surface area contributed by atoms with Gasteiger partial charge in [0, 0.05) is 11.1 Å². The van der Waals surface area contributed by atoms with Crippen LogP contribution in [0.15, 0.2) is 47.5 Å². The van der Waals surface area contributed by atoms with Crippen molar-refractivity contribution in [1.29, 1.82) is 0 Å². The number of hydrogen-bond donors (Lipinski definition) is 2. The van der Waals surface area contributed by atoms with Crippen LogP contribution in [0, 0.1) is 6.92 Å². The van der Waals surface area contributed by atoms with Crippen LogP contribution < -0.4 is 5.32 Å². The van der Waals surface area contributed by atoms with E-state index in [1.165, 1.54) is 0 Å². The lowest BCUT2D eigenvalue weighted by atomic mass is 10.2. The van der Waals surface area contributed by atoms with Crippen LogP contribution in [0.4, 0.5) is 0 Å². The van der Waals surface area contributed by atoms with Gasteiger partial charge in [0.25, 0.3) is 5.91 Å². The molecule has 1 heterocycles. The molecule has 1 aromatic carbocycles. The monoisotopic (exact) mass is 258 g/mol. The number of pyridine rings is 1. The summed E-state index contributed by atoms with van der Waals surface area (Å²) in [5.41, 5.74) is 2.52. The smallest absolute Gasteiger partial charge is 0.252 e. The largest absolute Gasteiger partial charge is 0.346 e. The van der Waals surface area contributed by atoms with Gasteiger partial charge >= 0.3 is 0 Å². The Morgan fingerprint density at radius 2 is 2.06 bits per heavy atom. The predicted octanol–water partition coefficient (Wildman–Crippen LogP) is 2.61. The summed E-state index contributed by atoms with van der Waals surface area (Å²) in [6.45, 7) is 2.40. The lowest BCUT2D eigenvalue weighted by Crippen LogP contribution is -2.24. The molecule has 0 unspecified atom stereocenters. The van der Waals surface area contributed by atoms with E-state index < -0.39 is 0 Å². The van der Waals surface area contributed by atoms with E-state index in [0.717, 1.165) is 11.3 Å². The van der Waals surface area contributed by atoms with Gasteiger partial charge in [0.15, 0.2) is 0 Å². The van der Waals surface area contributed by atoms with Crippen molar-refractivity contribution in [2.75, 3.05) is 0 Å². The number of thiol groups is 1. The highest BCUT2D eigenvalue weighted by atomic mass is 32.1. The lowest BCUT2D eigenvalue weighted by Gasteiger charge is -2.08. The van der Waals surface area contributed by atoms with Gasteiger partial charge in [0.2, 0.25) is 0 Å². The standard InChI is InChI=1S/C14H14N2OS/c1-10-5-4-8-15-12(10)9-16-14(17)11-6-2-3-7-13(11)18/h2-8,18H,9H2,1H3,(H,16,17). The molecule has 0 saturated carbocycles. The van der Waals surface area contributed by atoms with Gasteiger partial charge in [-0.25, -0.2) is 0 Å². The molecule has 0 spiro atoms. The summed E-state index contributed by atoms with van der Waals surface area (Å²) >= 11 is 4.26. The minimum Gasteiger partial charge on any atom is -0.346 e. The Labute approximate surface area is 112 Å². The van der Waals surface area contributed by atoms with E-state index in [2.05, 4.69) is 22.9 Å². The third kappa shape index (κ3) is 2.90. The van der Waals surface area contributed by atoms with Gasteiger partial charge in [-0.05, 0) is 30.7 Å². The van der Waals surface area contributed by atoms with Crippen LogP contribution in [0.2, 0.25) is 0 Å². The highest BCUT2D eigenvalue weighted by Gasteiger charge is 2.08. The van der Waals surface area contributed by atoms with E-state index in [1.807, 2.05) is 31.2 Å². The maximum Gasteiger partial charge on any atom is 0.252 e. The molecule has 1 N–H and O–H groups in total. The van der Waals surface area contributed by atoms with Crippen molar-refractivity contribution >= 4 is 18.5 Å². The van der Waals surface area contributed by atoms with Crippen LogP contribution in [-0.4, -0.2) is 10.9 Å². The van der Waals surface area contributed by atoms with Gasteiger partial charge < -0.3 is 5.32 Å². The molecule has 4 heteroatoms. The van der Waals surface area contributed by atoms with E-state index in [-0.39, 0.29) is 5.91 Å². The van der Waals surface area contributed by atoms with Gasteiger partial charge in [0.05, 0.1) is 17.8 Å². The second kappa shape index (κ2) is 5.69. The molecule has 3 nitrogen and oxygen atoms in total. The lowest BCUT2D eigenvalue weighted by molar-refractivity contribution is 0.0947. The first-order valence-corrected chi connectivity index (χ1v) is 6.10. The van der Waals surface area contributed by atoms with Gasteiger partial charge in [-0.15, -0.1) is 12.6 Å². The summed E-state index contributed by atoms with van der Waals surface area (Å²) in [5, 5.41) is 2.85. The van der Waals surface area contributed by atoms with Crippen LogP contribution in [-0.2, 0) is 6.54 Å². The highest BCUT2D eigenvalue weighted by molar-refractivity contribution is 7.80. The van der Waals surface area contributed by atoms with Crippen LogP contribution in [0.5, 0.6) is 0 Å². The second-order valence-corrected chi connectivity index (χ2v) is 4.45. The first kappa shape index (κ1) is 12.6. The van der Waals surface area contributed by atoms with Crippen molar-refractivity contribution in [3.63, 3.8) is 0 Å². The summed E-state index contributed by atoms with van der Waals surface area (Å²) in [7, 11) is 0. The number of rotatable bonds is 3. The molecule has 0 bridgehead atoms. The zero-order chi connectivity index (χ0) is 13.0. The molecular weight excluding hydrogens is 244 g/mol. The first-order valence-electron chi connectivity index (χ1n) is 5.65. The van der Waals surface area contributed by atoms with Gasteiger partial charge in [-0.3, -0.25) is 9.78 Å². The fourth-order valence-corrected chi connectivity index (χ4v) is 1.89.